The van der Waals surface area contributed by atoms with E-state index < -0.39 is 0 Å². The molecule has 2 aromatic heterocycles. The van der Waals surface area contributed by atoms with Gasteiger partial charge < -0.3 is 0 Å². The Balaban J connectivity index is 2.05. The highest BCUT2D eigenvalue weighted by Gasteiger charge is 2.03. The Kier molecular flexibility index (Phi) is 1.99. The summed E-state index contributed by atoms with van der Waals surface area (Å²) in [5, 5.41) is 10.3. The zero-order chi connectivity index (χ0) is 10.1. The topological polar surface area (TPSA) is 30.7 Å². The first kappa shape index (κ1) is 8.61. The molecule has 3 aromatic rings. The molecule has 0 saturated heterocycles. The van der Waals surface area contributed by atoms with Gasteiger partial charge in [-0.15, -0.1) is 16.4 Å². The molecule has 0 spiro atoms. The van der Waals surface area contributed by atoms with Crippen LogP contribution in [0.5, 0.6) is 0 Å². The van der Waals surface area contributed by atoms with Crippen LogP contribution in [0.15, 0.2) is 41.8 Å². The molecule has 3 rings (SSSR count). The molecule has 0 bridgehead atoms. The van der Waals surface area contributed by atoms with Gasteiger partial charge in [-0.2, -0.15) is 0 Å². The van der Waals surface area contributed by atoms with E-state index in [-0.39, 0.29) is 0 Å². The third-order valence-electron chi connectivity index (χ3n) is 2.31. The summed E-state index contributed by atoms with van der Waals surface area (Å²) in [6, 6.07) is 12.2. The number of nitrogens with zero attached hydrogens (tertiary/aromatic N) is 3. The normalized spacial score (nSPS) is 10.9. The van der Waals surface area contributed by atoms with Gasteiger partial charge in [0.1, 0.15) is 5.52 Å². The summed E-state index contributed by atoms with van der Waals surface area (Å²) in [5.74, 6) is 0. The number of fused-ring (bicyclic) bond motifs is 1. The predicted molar refractivity (Wildman–Crippen MR) is 60.9 cm³/mol. The SMILES string of the molecule is c1csc(Cn2nnc3ccccc32)c1. The minimum atomic E-state index is 0.804. The lowest BCUT2D eigenvalue weighted by molar-refractivity contribution is 0.676. The fourth-order valence-corrected chi connectivity index (χ4v) is 2.27. The maximum atomic E-state index is 4.14. The first-order valence-corrected chi connectivity index (χ1v) is 5.62. The van der Waals surface area contributed by atoms with Crippen LogP contribution in [-0.2, 0) is 6.54 Å². The number of aromatic nitrogens is 3. The molecule has 0 aliphatic carbocycles. The second-order valence-corrected chi connectivity index (χ2v) is 4.35. The van der Waals surface area contributed by atoms with Crippen molar-refractivity contribution in [2.24, 2.45) is 0 Å². The fraction of sp³-hybridized carbons (Fsp3) is 0.0909. The Morgan fingerprint density at radius 3 is 2.93 bits per heavy atom. The Hall–Kier alpha value is -1.68. The molecule has 0 amide bonds. The van der Waals surface area contributed by atoms with Crippen molar-refractivity contribution in [1.82, 2.24) is 15.0 Å². The molecular formula is C11H9N3S. The van der Waals surface area contributed by atoms with Crippen LogP contribution in [0, 0.1) is 0 Å². The molecule has 0 aliphatic heterocycles. The lowest BCUT2D eigenvalue weighted by Gasteiger charge is -1.98. The maximum Gasteiger partial charge on any atom is 0.113 e. The lowest BCUT2D eigenvalue weighted by Crippen LogP contribution is -1.99. The molecule has 3 nitrogen and oxygen atoms in total. The molecule has 0 radical (unpaired) electrons. The summed E-state index contributed by atoms with van der Waals surface area (Å²) in [7, 11) is 0. The van der Waals surface area contributed by atoms with Gasteiger partial charge >= 0.3 is 0 Å². The van der Waals surface area contributed by atoms with Gasteiger partial charge in [-0.3, -0.25) is 0 Å². The van der Waals surface area contributed by atoms with E-state index in [1.807, 2.05) is 28.9 Å². The Morgan fingerprint density at radius 1 is 1.13 bits per heavy atom. The Labute approximate surface area is 91.0 Å². The van der Waals surface area contributed by atoms with Crippen molar-refractivity contribution < 1.29 is 0 Å². The van der Waals surface area contributed by atoms with Crippen LogP contribution in [0.1, 0.15) is 4.88 Å². The highest BCUT2D eigenvalue weighted by atomic mass is 32.1. The van der Waals surface area contributed by atoms with Gasteiger partial charge in [-0.05, 0) is 23.6 Å². The number of rotatable bonds is 2. The van der Waals surface area contributed by atoms with Crippen LogP contribution in [0.3, 0.4) is 0 Å². The molecule has 15 heavy (non-hydrogen) atoms. The second kappa shape index (κ2) is 3.47. The first-order chi connectivity index (χ1) is 7.43. The number of thiophene rings is 1. The number of para-hydroxylation sites is 1. The van der Waals surface area contributed by atoms with E-state index in [4.69, 9.17) is 0 Å². The molecule has 1 aromatic carbocycles. The molecule has 0 fully saturated rings. The van der Waals surface area contributed by atoms with Gasteiger partial charge in [0, 0.05) is 4.88 Å². The Bertz CT molecular complexity index is 568. The third-order valence-corrected chi connectivity index (χ3v) is 3.17. The third kappa shape index (κ3) is 1.53. The zero-order valence-corrected chi connectivity index (χ0v) is 8.81. The number of hydrogen-bond donors (Lipinski definition) is 0. The Morgan fingerprint density at radius 2 is 2.07 bits per heavy atom. The largest absolute Gasteiger partial charge is 0.239 e. The monoisotopic (exact) mass is 215 g/mol. The molecule has 0 aliphatic rings. The van der Waals surface area contributed by atoms with Crippen molar-refractivity contribution in [2.45, 2.75) is 6.54 Å². The number of hydrogen-bond acceptors (Lipinski definition) is 3. The molecule has 74 valence electrons. The van der Waals surface area contributed by atoms with Crippen molar-refractivity contribution >= 4 is 22.4 Å². The van der Waals surface area contributed by atoms with Crippen molar-refractivity contribution in [2.75, 3.05) is 0 Å². The van der Waals surface area contributed by atoms with Gasteiger partial charge in [0.2, 0.25) is 0 Å². The van der Waals surface area contributed by atoms with E-state index in [0.29, 0.717) is 0 Å². The van der Waals surface area contributed by atoms with Gasteiger partial charge in [-0.25, -0.2) is 4.68 Å². The molecule has 0 unspecified atom stereocenters. The van der Waals surface area contributed by atoms with Crippen molar-refractivity contribution in [1.29, 1.82) is 0 Å². The highest BCUT2D eigenvalue weighted by Crippen LogP contribution is 2.14. The van der Waals surface area contributed by atoms with Gasteiger partial charge in [0.05, 0.1) is 12.1 Å². The summed E-state index contributed by atoms with van der Waals surface area (Å²) >= 11 is 1.74. The van der Waals surface area contributed by atoms with E-state index in [1.165, 1.54) is 4.88 Å². The standard InChI is InChI=1S/C11H9N3S/c1-2-6-11-10(5-1)12-13-14(11)8-9-4-3-7-15-9/h1-7H,8H2. The van der Waals surface area contributed by atoms with Crippen molar-refractivity contribution in [3.8, 4) is 0 Å². The highest BCUT2D eigenvalue weighted by molar-refractivity contribution is 7.09. The predicted octanol–water partition coefficient (Wildman–Crippen LogP) is 2.54. The summed E-state index contributed by atoms with van der Waals surface area (Å²) in [5.41, 5.74) is 2.04. The smallest absolute Gasteiger partial charge is 0.113 e. The summed E-state index contributed by atoms with van der Waals surface area (Å²) in [6.45, 7) is 0.804. The first-order valence-electron chi connectivity index (χ1n) is 4.74. The average Bonchev–Trinajstić information content (AvgIpc) is 2.89. The minimum absolute atomic E-state index is 0.804. The molecular weight excluding hydrogens is 206 g/mol. The molecule has 4 heteroatoms. The minimum Gasteiger partial charge on any atom is -0.239 e. The maximum absolute atomic E-state index is 4.14. The van der Waals surface area contributed by atoms with Crippen LogP contribution in [-0.4, -0.2) is 15.0 Å². The molecule has 2 heterocycles. The van der Waals surface area contributed by atoms with E-state index in [2.05, 4.69) is 27.8 Å². The quantitative estimate of drug-likeness (QED) is 0.657. The van der Waals surface area contributed by atoms with Gasteiger partial charge in [-0.1, -0.05) is 23.4 Å². The summed E-state index contributed by atoms with van der Waals surface area (Å²) in [6.07, 6.45) is 0. The molecule has 0 saturated carbocycles. The van der Waals surface area contributed by atoms with Crippen LogP contribution < -0.4 is 0 Å². The van der Waals surface area contributed by atoms with Crippen LogP contribution >= 0.6 is 11.3 Å². The van der Waals surface area contributed by atoms with Crippen LogP contribution in [0.2, 0.25) is 0 Å². The fourth-order valence-electron chi connectivity index (χ4n) is 1.58. The van der Waals surface area contributed by atoms with Crippen LogP contribution in [0.4, 0.5) is 0 Å². The summed E-state index contributed by atoms with van der Waals surface area (Å²) in [4.78, 5) is 1.30. The summed E-state index contributed by atoms with van der Waals surface area (Å²) < 4.78 is 1.93. The van der Waals surface area contributed by atoms with E-state index in [1.54, 1.807) is 11.3 Å². The van der Waals surface area contributed by atoms with Crippen LogP contribution in [0.25, 0.3) is 11.0 Å². The van der Waals surface area contributed by atoms with Gasteiger partial charge in [0.25, 0.3) is 0 Å². The van der Waals surface area contributed by atoms with Crippen molar-refractivity contribution in [3.05, 3.63) is 46.7 Å². The number of benzene rings is 1. The zero-order valence-electron chi connectivity index (χ0n) is 8.00. The van der Waals surface area contributed by atoms with E-state index >= 15 is 0 Å². The molecule has 0 N–H and O–H groups in total. The van der Waals surface area contributed by atoms with Gasteiger partial charge in [0.15, 0.2) is 0 Å². The second-order valence-electron chi connectivity index (χ2n) is 3.32. The molecule has 0 atom stereocenters. The lowest BCUT2D eigenvalue weighted by atomic mass is 10.3. The van der Waals surface area contributed by atoms with Crippen molar-refractivity contribution in [3.63, 3.8) is 0 Å². The average molecular weight is 215 g/mol. The van der Waals surface area contributed by atoms with E-state index in [0.717, 1.165) is 17.6 Å². The van der Waals surface area contributed by atoms with E-state index in [9.17, 15) is 0 Å².